The van der Waals surface area contributed by atoms with Crippen LogP contribution < -0.4 is 15.6 Å². The Morgan fingerprint density at radius 2 is 1.81 bits per heavy atom. The van der Waals surface area contributed by atoms with Crippen LogP contribution in [0.25, 0.3) is 5.69 Å². The Bertz CT molecular complexity index is 1130. The highest BCUT2D eigenvalue weighted by Gasteiger charge is 2.20. The molecule has 0 bridgehead atoms. The lowest BCUT2D eigenvalue weighted by atomic mass is 10.2. The Kier molecular flexibility index (Phi) is 7.40. The molecule has 0 spiro atoms. The van der Waals surface area contributed by atoms with Crippen molar-refractivity contribution >= 4 is 23.5 Å². The quantitative estimate of drug-likeness (QED) is 0.539. The molecule has 3 rings (SSSR count). The summed E-state index contributed by atoms with van der Waals surface area (Å²) in [7, 11) is 0. The second-order valence-electron chi connectivity index (χ2n) is 6.32. The molecule has 0 aliphatic heterocycles. The van der Waals surface area contributed by atoms with Crippen molar-refractivity contribution in [2.45, 2.75) is 13.5 Å². The highest BCUT2D eigenvalue weighted by Crippen LogP contribution is 2.17. The summed E-state index contributed by atoms with van der Waals surface area (Å²) in [5, 5.41) is 7.30. The fourth-order valence-corrected chi connectivity index (χ4v) is 2.88. The third-order valence-corrected chi connectivity index (χ3v) is 4.53. The van der Waals surface area contributed by atoms with E-state index in [4.69, 9.17) is 21.1 Å². The van der Waals surface area contributed by atoms with Crippen molar-refractivity contribution in [2.24, 2.45) is 0 Å². The summed E-state index contributed by atoms with van der Waals surface area (Å²) in [5.41, 5.74) is 0.494. The zero-order chi connectivity index (χ0) is 22.2. The Balaban J connectivity index is 1.77. The van der Waals surface area contributed by atoms with E-state index in [9.17, 15) is 14.4 Å². The maximum Gasteiger partial charge on any atom is 0.362 e. The van der Waals surface area contributed by atoms with E-state index in [2.05, 4.69) is 10.4 Å². The highest BCUT2D eigenvalue weighted by molar-refractivity contribution is 6.31. The summed E-state index contributed by atoms with van der Waals surface area (Å²) >= 11 is 6.07. The van der Waals surface area contributed by atoms with Crippen molar-refractivity contribution in [1.82, 2.24) is 15.1 Å². The number of benzene rings is 2. The lowest BCUT2D eigenvalue weighted by Gasteiger charge is -2.13. The molecule has 31 heavy (non-hydrogen) atoms. The third-order valence-electron chi connectivity index (χ3n) is 4.16. The highest BCUT2D eigenvalue weighted by atomic mass is 35.5. The maximum atomic E-state index is 12.5. The van der Waals surface area contributed by atoms with Crippen molar-refractivity contribution in [2.75, 3.05) is 13.2 Å². The number of ether oxygens (including phenoxy) is 2. The molecule has 0 unspecified atom stereocenters. The number of para-hydroxylation sites is 1. The summed E-state index contributed by atoms with van der Waals surface area (Å²) in [6.45, 7) is 1.55. The molecule has 0 aliphatic carbocycles. The summed E-state index contributed by atoms with van der Waals surface area (Å²) in [6, 6.07) is 16.8. The molecule has 160 valence electrons. The molecule has 8 nitrogen and oxygen atoms in total. The molecule has 1 amide bonds. The number of rotatable bonds is 8. The molecule has 2 aromatic carbocycles. The van der Waals surface area contributed by atoms with Crippen molar-refractivity contribution < 1.29 is 19.1 Å². The van der Waals surface area contributed by atoms with Gasteiger partial charge in [0.25, 0.3) is 11.5 Å². The van der Waals surface area contributed by atoms with E-state index in [0.29, 0.717) is 10.7 Å². The summed E-state index contributed by atoms with van der Waals surface area (Å²) in [4.78, 5) is 37.1. The number of halogens is 1. The maximum absolute atomic E-state index is 12.5. The minimum atomic E-state index is -0.765. The number of hydrogen-bond acceptors (Lipinski definition) is 6. The van der Waals surface area contributed by atoms with Gasteiger partial charge in [-0.05, 0) is 30.7 Å². The average Bonchev–Trinajstić information content (AvgIpc) is 2.78. The molecule has 0 fully saturated rings. The molecule has 0 atom stereocenters. The molecule has 0 saturated carbocycles. The first kappa shape index (κ1) is 22.0. The number of nitrogens with zero attached hydrogens (tertiary/aromatic N) is 2. The van der Waals surface area contributed by atoms with Crippen molar-refractivity contribution in [1.29, 1.82) is 0 Å². The van der Waals surface area contributed by atoms with Gasteiger partial charge in [-0.2, -0.15) is 9.78 Å². The largest absolute Gasteiger partial charge is 0.481 e. The second kappa shape index (κ2) is 10.4. The van der Waals surface area contributed by atoms with Gasteiger partial charge >= 0.3 is 5.97 Å². The monoisotopic (exact) mass is 441 g/mol. The smallest absolute Gasteiger partial charge is 0.362 e. The van der Waals surface area contributed by atoms with E-state index in [-0.39, 0.29) is 24.6 Å². The van der Waals surface area contributed by atoms with Crippen LogP contribution in [0.5, 0.6) is 5.75 Å². The van der Waals surface area contributed by atoms with E-state index in [1.807, 2.05) is 6.07 Å². The number of hydrogen-bond donors (Lipinski definition) is 1. The Morgan fingerprint density at radius 3 is 2.52 bits per heavy atom. The minimum Gasteiger partial charge on any atom is -0.481 e. The first-order chi connectivity index (χ1) is 15.0. The van der Waals surface area contributed by atoms with Crippen molar-refractivity contribution in [3.05, 3.63) is 87.3 Å². The van der Waals surface area contributed by atoms with Crippen LogP contribution in [-0.4, -0.2) is 34.9 Å². The summed E-state index contributed by atoms with van der Waals surface area (Å²) in [6.07, 6.45) is 0. The molecule has 0 radical (unpaired) electrons. The van der Waals surface area contributed by atoms with E-state index in [0.717, 1.165) is 16.3 Å². The van der Waals surface area contributed by atoms with Gasteiger partial charge in [-0.3, -0.25) is 9.59 Å². The van der Waals surface area contributed by atoms with Gasteiger partial charge in [0.05, 0.1) is 18.4 Å². The second-order valence-corrected chi connectivity index (χ2v) is 6.73. The SMILES string of the molecule is CCOC(=O)c1nn(-c2ccccc2)c(=O)cc1OCC(=O)NCc1ccccc1Cl. The van der Waals surface area contributed by atoms with Gasteiger partial charge in [0, 0.05) is 11.6 Å². The van der Waals surface area contributed by atoms with Crippen LogP contribution in [0, 0.1) is 0 Å². The van der Waals surface area contributed by atoms with Crippen molar-refractivity contribution in [3.63, 3.8) is 0 Å². The first-order valence-corrected chi connectivity index (χ1v) is 9.87. The lowest BCUT2D eigenvalue weighted by molar-refractivity contribution is -0.123. The van der Waals surface area contributed by atoms with Crippen LogP contribution in [0.4, 0.5) is 0 Å². The average molecular weight is 442 g/mol. The van der Waals surface area contributed by atoms with Gasteiger partial charge in [0.1, 0.15) is 0 Å². The van der Waals surface area contributed by atoms with Crippen LogP contribution in [-0.2, 0) is 16.1 Å². The number of nitrogens with one attached hydrogen (secondary N) is 1. The summed E-state index contributed by atoms with van der Waals surface area (Å²) in [5.74, 6) is -1.36. The van der Waals surface area contributed by atoms with Gasteiger partial charge in [0.2, 0.25) is 5.69 Å². The standard InChI is InChI=1S/C22H20ClN3O5/c1-2-30-22(29)21-18(12-20(28)26(25-21)16-9-4-3-5-10-16)31-14-19(27)24-13-15-8-6-7-11-17(15)23/h3-12H,2,13-14H2,1H3,(H,24,27). The molecule has 1 aromatic heterocycles. The number of carbonyl (C=O) groups excluding carboxylic acids is 2. The topological polar surface area (TPSA) is 99.5 Å². The third kappa shape index (κ3) is 5.70. The molecule has 1 N–H and O–H groups in total. The number of carbonyl (C=O) groups is 2. The summed E-state index contributed by atoms with van der Waals surface area (Å²) < 4.78 is 11.5. The number of esters is 1. The zero-order valence-corrected chi connectivity index (χ0v) is 17.5. The minimum absolute atomic E-state index is 0.114. The Morgan fingerprint density at radius 1 is 1.10 bits per heavy atom. The van der Waals surface area contributed by atoms with E-state index < -0.39 is 24.0 Å². The Hall–Kier alpha value is -3.65. The fraction of sp³-hybridized carbons (Fsp3) is 0.182. The van der Waals surface area contributed by atoms with Crippen LogP contribution in [0.15, 0.2) is 65.5 Å². The molecular weight excluding hydrogens is 422 g/mol. The van der Waals surface area contributed by atoms with Crippen LogP contribution in [0.1, 0.15) is 23.0 Å². The van der Waals surface area contributed by atoms with Crippen molar-refractivity contribution in [3.8, 4) is 11.4 Å². The molecule has 1 heterocycles. The molecule has 9 heteroatoms. The lowest BCUT2D eigenvalue weighted by Crippen LogP contribution is -2.30. The molecule has 0 aliphatic rings. The number of amides is 1. The van der Waals surface area contributed by atoms with Gasteiger partial charge < -0.3 is 14.8 Å². The molecule has 0 saturated heterocycles. The van der Waals surface area contributed by atoms with Crippen LogP contribution in [0.3, 0.4) is 0 Å². The van der Waals surface area contributed by atoms with Gasteiger partial charge in [0.15, 0.2) is 12.4 Å². The zero-order valence-electron chi connectivity index (χ0n) is 16.7. The fourth-order valence-electron chi connectivity index (χ4n) is 2.68. The number of aromatic nitrogens is 2. The Labute approximate surface area is 183 Å². The predicted octanol–water partition coefficient (Wildman–Crippen LogP) is 2.76. The molecular formula is C22H20ClN3O5. The predicted molar refractivity (Wildman–Crippen MR) is 115 cm³/mol. The van der Waals surface area contributed by atoms with Gasteiger partial charge in [-0.25, -0.2) is 4.79 Å². The van der Waals surface area contributed by atoms with E-state index in [1.165, 1.54) is 0 Å². The van der Waals surface area contributed by atoms with E-state index in [1.54, 1.807) is 55.5 Å². The van der Waals surface area contributed by atoms with Crippen LogP contribution >= 0.6 is 11.6 Å². The van der Waals surface area contributed by atoms with E-state index >= 15 is 0 Å². The molecule has 3 aromatic rings. The van der Waals surface area contributed by atoms with Gasteiger partial charge in [-0.15, -0.1) is 0 Å². The van der Waals surface area contributed by atoms with Gasteiger partial charge in [-0.1, -0.05) is 48.0 Å². The van der Waals surface area contributed by atoms with Crippen LogP contribution in [0.2, 0.25) is 5.02 Å². The first-order valence-electron chi connectivity index (χ1n) is 9.49. The normalized spacial score (nSPS) is 10.4.